The Bertz CT molecular complexity index is 1060. The molecule has 212 valence electrons. The van der Waals surface area contributed by atoms with Gasteiger partial charge in [-0.15, -0.1) is 0 Å². The number of piperidine rings is 1. The normalized spacial score (nSPS) is 19.6. The molecule has 0 spiro atoms. The van der Waals surface area contributed by atoms with Crippen LogP contribution in [0.2, 0.25) is 0 Å². The molecule has 2 aromatic rings. The lowest BCUT2D eigenvalue weighted by Gasteiger charge is -2.33. The number of nitrogens with zero attached hydrogens (tertiary/aromatic N) is 5. The number of aliphatic hydroxyl groups is 1. The Hall–Kier alpha value is -2.50. The third kappa shape index (κ3) is 6.92. The van der Waals surface area contributed by atoms with E-state index in [-0.39, 0.29) is 32.0 Å². The van der Waals surface area contributed by atoms with Crippen LogP contribution in [0.5, 0.6) is 11.5 Å². The fourth-order valence-electron chi connectivity index (χ4n) is 5.08. The first kappa shape index (κ1) is 28.5. The zero-order valence-corrected chi connectivity index (χ0v) is 23.1. The lowest BCUT2D eigenvalue weighted by atomic mass is 10.1. The third-order valence-electron chi connectivity index (χ3n) is 7.47. The number of aliphatic hydroxyl groups excluding tert-OH is 1. The van der Waals surface area contributed by atoms with Crippen LogP contribution in [0, 0.1) is 0 Å². The molecule has 2 atom stereocenters. The Morgan fingerprint density at radius 2 is 1.82 bits per heavy atom. The van der Waals surface area contributed by atoms with Gasteiger partial charge in [-0.3, -0.25) is 4.90 Å². The van der Waals surface area contributed by atoms with Crippen molar-refractivity contribution < 1.29 is 23.4 Å². The standard InChI is InChI=1S/C27H42F2N6O3/c1-5-20(25(36)33(2)3)30-24-19-17-22(37-4)23(38-16-8-13-34-11-6-7-12-34)18-21(19)31-26(32-24)35-14-9-27(28,29)10-15-35/h17-18,20,25,36H,5-16H2,1-4H3,(H,30,31,32). The molecule has 0 bridgehead atoms. The van der Waals surface area contributed by atoms with Crippen LogP contribution in [0.4, 0.5) is 20.5 Å². The van der Waals surface area contributed by atoms with Gasteiger partial charge in [-0.25, -0.2) is 13.8 Å². The van der Waals surface area contributed by atoms with Gasteiger partial charge < -0.3 is 29.7 Å². The Kier molecular flexibility index (Phi) is 9.43. The van der Waals surface area contributed by atoms with E-state index in [0.717, 1.165) is 26.1 Å². The molecular weight excluding hydrogens is 494 g/mol. The van der Waals surface area contributed by atoms with Crippen LogP contribution in [-0.4, -0.2) is 104 Å². The van der Waals surface area contributed by atoms with Gasteiger partial charge in [0.25, 0.3) is 5.92 Å². The number of hydrogen-bond acceptors (Lipinski definition) is 9. The molecule has 9 nitrogen and oxygen atoms in total. The fraction of sp³-hybridized carbons (Fsp3) is 0.704. The summed E-state index contributed by atoms with van der Waals surface area (Å²) in [7, 11) is 5.21. The van der Waals surface area contributed by atoms with E-state index in [1.807, 2.05) is 33.2 Å². The Labute approximate surface area is 224 Å². The number of anilines is 2. The van der Waals surface area contributed by atoms with Gasteiger partial charge in [0, 0.05) is 43.9 Å². The second-order valence-corrected chi connectivity index (χ2v) is 10.5. The topological polar surface area (TPSA) is 86.2 Å². The van der Waals surface area contributed by atoms with Crippen molar-refractivity contribution in [3.63, 3.8) is 0 Å². The molecule has 3 heterocycles. The van der Waals surface area contributed by atoms with Crippen LogP contribution in [0.3, 0.4) is 0 Å². The quantitative estimate of drug-likeness (QED) is 0.311. The first-order valence-electron chi connectivity index (χ1n) is 13.7. The molecule has 1 aromatic carbocycles. The number of ether oxygens (including phenoxy) is 2. The van der Waals surface area contributed by atoms with Crippen molar-refractivity contribution in [2.75, 3.05) is 70.8 Å². The minimum Gasteiger partial charge on any atom is -0.493 e. The lowest BCUT2D eigenvalue weighted by molar-refractivity contribution is -0.0222. The summed E-state index contributed by atoms with van der Waals surface area (Å²) in [6, 6.07) is 3.37. The minimum atomic E-state index is -2.67. The maximum atomic E-state index is 13.8. The molecule has 2 unspecified atom stereocenters. The average molecular weight is 537 g/mol. The highest BCUT2D eigenvalue weighted by Crippen LogP contribution is 2.37. The van der Waals surface area contributed by atoms with Gasteiger partial charge in [0.15, 0.2) is 11.5 Å². The molecule has 0 amide bonds. The SMILES string of the molecule is CCC(Nc1nc(N2CCC(F)(F)CC2)nc2cc(OCCCN3CCCC3)c(OC)cc12)C(O)N(C)C. The zero-order chi connectivity index (χ0) is 27.3. The molecule has 1 aromatic heterocycles. The summed E-state index contributed by atoms with van der Waals surface area (Å²) in [5.41, 5.74) is 0.624. The molecule has 2 saturated heterocycles. The van der Waals surface area contributed by atoms with Crippen LogP contribution < -0.4 is 19.7 Å². The number of nitrogens with one attached hydrogen (secondary N) is 1. The van der Waals surface area contributed by atoms with Gasteiger partial charge in [0.1, 0.15) is 12.0 Å². The lowest BCUT2D eigenvalue weighted by Crippen LogP contribution is -2.43. The maximum absolute atomic E-state index is 13.8. The van der Waals surface area contributed by atoms with Crippen LogP contribution >= 0.6 is 0 Å². The van der Waals surface area contributed by atoms with Crippen molar-refractivity contribution in [2.24, 2.45) is 0 Å². The van der Waals surface area contributed by atoms with Gasteiger partial charge >= 0.3 is 0 Å². The molecule has 0 aliphatic carbocycles. The van der Waals surface area contributed by atoms with E-state index in [9.17, 15) is 13.9 Å². The molecule has 2 aliphatic heterocycles. The van der Waals surface area contributed by atoms with E-state index in [4.69, 9.17) is 19.4 Å². The Balaban J connectivity index is 1.64. The Morgan fingerprint density at radius 3 is 2.45 bits per heavy atom. The summed E-state index contributed by atoms with van der Waals surface area (Å²) in [6.45, 7) is 6.18. The summed E-state index contributed by atoms with van der Waals surface area (Å²) in [6.07, 6.45) is 2.86. The van der Waals surface area contributed by atoms with E-state index < -0.39 is 12.2 Å². The summed E-state index contributed by atoms with van der Waals surface area (Å²) in [5.74, 6) is -0.607. The highest BCUT2D eigenvalue weighted by molar-refractivity contribution is 5.93. The van der Waals surface area contributed by atoms with Gasteiger partial charge in [-0.2, -0.15) is 4.98 Å². The molecule has 2 aliphatic rings. The number of aromatic nitrogens is 2. The Morgan fingerprint density at radius 1 is 1.11 bits per heavy atom. The molecule has 2 fully saturated rings. The second kappa shape index (κ2) is 12.6. The smallest absolute Gasteiger partial charge is 0.251 e. The monoisotopic (exact) mass is 536 g/mol. The third-order valence-corrected chi connectivity index (χ3v) is 7.47. The van der Waals surface area contributed by atoms with Gasteiger partial charge in [-0.1, -0.05) is 6.92 Å². The fourth-order valence-corrected chi connectivity index (χ4v) is 5.08. The van der Waals surface area contributed by atoms with E-state index in [1.54, 1.807) is 16.9 Å². The predicted molar refractivity (Wildman–Crippen MR) is 146 cm³/mol. The van der Waals surface area contributed by atoms with Crippen molar-refractivity contribution in [3.8, 4) is 11.5 Å². The number of likely N-dealkylation sites (N-methyl/N-ethyl adjacent to an activating group) is 1. The zero-order valence-electron chi connectivity index (χ0n) is 23.1. The van der Waals surface area contributed by atoms with Crippen LogP contribution in [-0.2, 0) is 0 Å². The van der Waals surface area contributed by atoms with E-state index in [2.05, 4.69) is 10.2 Å². The summed E-state index contributed by atoms with van der Waals surface area (Å²) < 4.78 is 39.5. The molecule has 38 heavy (non-hydrogen) atoms. The van der Waals surface area contributed by atoms with Gasteiger partial charge in [0.2, 0.25) is 5.95 Å². The van der Waals surface area contributed by atoms with E-state index in [1.165, 1.54) is 12.8 Å². The molecular formula is C27H42F2N6O3. The van der Waals surface area contributed by atoms with Gasteiger partial charge in [0.05, 0.1) is 25.3 Å². The minimum absolute atomic E-state index is 0.172. The first-order valence-corrected chi connectivity index (χ1v) is 13.7. The summed E-state index contributed by atoms with van der Waals surface area (Å²) in [5, 5.41) is 14.8. The molecule has 0 radical (unpaired) electrons. The first-order chi connectivity index (χ1) is 18.2. The predicted octanol–water partition coefficient (Wildman–Crippen LogP) is 3.81. The van der Waals surface area contributed by atoms with Crippen LogP contribution in [0.1, 0.15) is 45.4 Å². The van der Waals surface area contributed by atoms with Crippen LogP contribution in [0.15, 0.2) is 12.1 Å². The van der Waals surface area contributed by atoms with Crippen molar-refractivity contribution in [3.05, 3.63) is 12.1 Å². The van der Waals surface area contributed by atoms with E-state index >= 15 is 0 Å². The van der Waals surface area contributed by atoms with Crippen molar-refractivity contribution >= 4 is 22.7 Å². The number of likely N-dealkylation sites (tertiary alicyclic amines) is 1. The highest BCUT2D eigenvalue weighted by atomic mass is 19.3. The summed E-state index contributed by atoms with van der Waals surface area (Å²) >= 11 is 0. The highest BCUT2D eigenvalue weighted by Gasteiger charge is 2.35. The average Bonchev–Trinajstić information content (AvgIpc) is 3.42. The van der Waals surface area contributed by atoms with Crippen molar-refractivity contribution in [1.29, 1.82) is 0 Å². The van der Waals surface area contributed by atoms with E-state index in [0.29, 0.717) is 47.2 Å². The number of halogens is 2. The molecule has 2 N–H and O–H groups in total. The maximum Gasteiger partial charge on any atom is 0.251 e. The van der Waals surface area contributed by atoms with Crippen LogP contribution in [0.25, 0.3) is 10.9 Å². The van der Waals surface area contributed by atoms with Crippen molar-refractivity contribution in [1.82, 2.24) is 19.8 Å². The number of alkyl halides is 2. The molecule has 11 heteroatoms. The molecule has 4 rings (SSSR count). The number of fused-ring (bicyclic) bond motifs is 1. The number of methoxy groups -OCH3 is 1. The number of rotatable bonds is 12. The summed E-state index contributed by atoms with van der Waals surface area (Å²) in [4.78, 5) is 15.5. The number of hydrogen-bond donors (Lipinski definition) is 2. The van der Waals surface area contributed by atoms with Gasteiger partial charge in [-0.05, 0) is 58.9 Å². The molecule has 0 saturated carbocycles. The van der Waals surface area contributed by atoms with Crippen molar-refractivity contribution in [2.45, 2.75) is 63.6 Å². The number of benzene rings is 1. The second-order valence-electron chi connectivity index (χ2n) is 10.5. The largest absolute Gasteiger partial charge is 0.493 e.